The van der Waals surface area contributed by atoms with Crippen LogP contribution in [0.25, 0.3) is 0 Å². The first-order valence-electron chi connectivity index (χ1n) is 7.06. The van der Waals surface area contributed by atoms with Gasteiger partial charge in [0, 0.05) is 24.0 Å². The Kier molecular flexibility index (Phi) is 3.09. The number of anilines is 2. The monoisotopic (exact) mass is 260 g/mol. The van der Waals surface area contributed by atoms with E-state index >= 15 is 0 Å². The van der Waals surface area contributed by atoms with Crippen LogP contribution in [0.15, 0.2) is 18.2 Å². The molecule has 3 N–H and O–H groups in total. The van der Waals surface area contributed by atoms with Gasteiger partial charge in [-0.05, 0) is 43.4 Å². The zero-order chi connectivity index (χ0) is 13.4. The summed E-state index contributed by atoms with van der Waals surface area (Å²) in [6.07, 6.45) is 6.51. The number of aromatic carboxylic acids is 1. The number of hydrogen-bond acceptors (Lipinski definition) is 3. The molecule has 2 fully saturated rings. The molecule has 1 aliphatic heterocycles. The van der Waals surface area contributed by atoms with Gasteiger partial charge in [-0.25, -0.2) is 4.79 Å². The second-order valence-electron chi connectivity index (χ2n) is 5.67. The second kappa shape index (κ2) is 4.76. The van der Waals surface area contributed by atoms with E-state index in [4.69, 9.17) is 10.8 Å². The molecule has 2 atom stereocenters. The van der Waals surface area contributed by atoms with Crippen molar-refractivity contribution in [2.45, 2.75) is 38.1 Å². The van der Waals surface area contributed by atoms with Crippen molar-refractivity contribution < 1.29 is 9.90 Å². The van der Waals surface area contributed by atoms with Crippen molar-refractivity contribution in [3.63, 3.8) is 0 Å². The Bertz CT molecular complexity index is 501. The molecule has 1 aromatic rings. The maximum Gasteiger partial charge on any atom is 0.337 e. The highest BCUT2D eigenvalue weighted by atomic mass is 16.4. The summed E-state index contributed by atoms with van der Waals surface area (Å²) < 4.78 is 0. The number of benzene rings is 1. The Morgan fingerprint density at radius 1 is 1.26 bits per heavy atom. The standard InChI is InChI=1S/C15H20N2O2/c16-13-9-11(5-6-12(13)15(18)19)17-8-7-10-3-1-2-4-14(10)17/h5-6,9-10,14H,1-4,7-8,16H2,(H,18,19). The Hall–Kier alpha value is -1.71. The minimum atomic E-state index is -0.957. The van der Waals surface area contributed by atoms with Gasteiger partial charge in [-0.2, -0.15) is 0 Å². The van der Waals surface area contributed by atoms with Crippen LogP contribution in [0, 0.1) is 5.92 Å². The SMILES string of the molecule is Nc1cc(N2CCC3CCCCC32)ccc1C(=O)O. The fraction of sp³-hybridized carbons (Fsp3) is 0.533. The number of carbonyl (C=O) groups is 1. The molecule has 1 saturated heterocycles. The van der Waals surface area contributed by atoms with Crippen LogP contribution in [-0.2, 0) is 0 Å². The average Bonchev–Trinajstić information content (AvgIpc) is 2.82. The van der Waals surface area contributed by atoms with Crippen LogP contribution in [0.2, 0.25) is 0 Å². The summed E-state index contributed by atoms with van der Waals surface area (Å²) in [5, 5.41) is 9.02. The van der Waals surface area contributed by atoms with Gasteiger partial charge < -0.3 is 15.7 Å². The molecule has 0 bridgehead atoms. The van der Waals surface area contributed by atoms with Gasteiger partial charge in [0.15, 0.2) is 0 Å². The fourth-order valence-electron chi connectivity index (χ4n) is 3.65. The van der Waals surface area contributed by atoms with E-state index in [0.717, 1.165) is 18.2 Å². The molecule has 2 unspecified atom stereocenters. The second-order valence-corrected chi connectivity index (χ2v) is 5.67. The van der Waals surface area contributed by atoms with Crippen molar-refractivity contribution in [2.75, 3.05) is 17.2 Å². The lowest BCUT2D eigenvalue weighted by molar-refractivity contribution is 0.0698. The minimum Gasteiger partial charge on any atom is -0.478 e. The number of nitrogen functional groups attached to an aromatic ring is 1. The van der Waals surface area contributed by atoms with Crippen molar-refractivity contribution in [2.24, 2.45) is 5.92 Å². The summed E-state index contributed by atoms with van der Waals surface area (Å²) >= 11 is 0. The van der Waals surface area contributed by atoms with Crippen LogP contribution in [0.4, 0.5) is 11.4 Å². The third-order valence-corrected chi connectivity index (χ3v) is 4.61. The smallest absolute Gasteiger partial charge is 0.337 e. The highest BCUT2D eigenvalue weighted by Crippen LogP contribution is 2.39. The molecular formula is C15H20N2O2. The van der Waals surface area contributed by atoms with Crippen molar-refractivity contribution >= 4 is 17.3 Å². The third kappa shape index (κ3) is 2.15. The molecular weight excluding hydrogens is 240 g/mol. The quantitative estimate of drug-likeness (QED) is 0.802. The van der Waals surface area contributed by atoms with Crippen LogP contribution in [0.3, 0.4) is 0 Å². The molecule has 102 valence electrons. The van der Waals surface area contributed by atoms with Gasteiger partial charge in [0.05, 0.1) is 5.56 Å². The minimum absolute atomic E-state index is 0.197. The lowest BCUT2D eigenvalue weighted by Gasteiger charge is -2.33. The molecule has 0 amide bonds. The largest absolute Gasteiger partial charge is 0.478 e. The normalized spacial score (nSPS) is 26.2. The molecule has 2 aliphatic rings. The van der Waals surface area contributed by atoms with Crippen molar-refractivity contribution in [3.05, 3.63) is 23.8 Å². The molecule has 4 heteroatoms. The zero-order valence-corrected chi connectivity index (χ0v) is 11.0. The van der Waals surface area contributed by atoms with E-state index in [2.05, 4.69) is 4.90 Å². The zero-order valence-electron chi connectivity index (χ0n) is 11.0. The summed E-state index contributed by atoms with van der Waals surface area (Å²) in [6, 6.07) is 5.98. The van der Waals surface area contributed by atoms with E-state index < -0.39 is 5.97 Å². The average molecular weight is 260 g/mol. The molecule has 0 spiro atoms. The lowest BCUT2D eigenvalue weighted by Crippen LogP contribution is -2.34. The van der Waals surface area contributed by atoms with Crippen LogP contribution >= 0.6 is 0 Å². The van der Waals surface area contributed by atoms with E-state index in [0.29, 0.717) is 11.7 Å². The van der Waals surface area contributed by atoms with E-state index in [-0.39, 0.29) is 5.56 Å². The molecule has 0 radical (unpaired) electrons. The number of nitrogens with zero attached hydrogens (tertiary/aromatic N) is 1. The lowest BCUT2D eigenvalue weighted by atomic mass is 9.85. The first-order valence-corrected chi connectivity index (χ1v) is 7.06. The summed E-state index contributed by atoms with van der Waals surface area (Å²) in [5.41, 5.74) is 7.49. The van der Waals surface area contributed by atoms with Crippen molar-refractivity contribution in [1.29, 1.82) is 0 Å². The van der Waals surface area contributed by atoms with E-state index in [1.807, 2.05) is 12.1 Å². The summed E-state index contributed by atoms with van der Waals surface area (Å²) in [4.78, 5) is 13.4. The van der Waals surface area contributed by atoms with Gasteiger partial charge >= 0.3 is 5.97 Å². The van der Waals surface area contributed by atoms with Crippen LogP contribution in [0.5, 0.6) is 0 Å². The Balaban J connectivity index is 1.86. The van der Waals surface area contributed by atoms with E-state index in [1.165, 1.54) is 32.1 Å². The molecule has 1 saturated carbocycles. The number of rotatable bonds is 2. The van der Waals surface area contributed by atoms with E-state index in [1.54, 1.807) is 6.07 Å². The van der Waals surface area contributed by atoms with Crippen LogP contribution < -0.4 is 10.6 Å². The van der Waals surface area contributed by atoms with Crippen LogP contribution in [-0.4, -0.2) is 23.7 Å². The number of carboxylic acids is 1. The number of fused-ring (bicyclic) bond motifs is 1. The van der Waals surface area contributed by atoms with Crippen molar-refractivity contribution in [1.82, 2.24) is 0 Å². The van der Waals surface area contributed by atoms with Gasteiger partial charge in [0.2, 0.25) is 0 Å². The highest BCUT2D eigenvalue weighted by Gasteiger charge is 2.35. The molecule has 1 aliphatic carbocycles. The maximum atomic E-state index is 11.0. The topological polar surface area (TPSA) is 66.6 Å². The predicted molar refractivity (Wildman–Crippen MR) is 75.5 cm³/mol. The number of hydrogen-bond donors (Lipinski definition) is 2. The third-order valence-electron chi connectivity index (χ3n) is 4.61. The van der Waals surface area contributed by atoms with Gasteiger partial charge in [-0.15, -0.1) is 0 Å². The number of carboxylic acid groups (broad SMARTS) is 1. The Labute approximate surface area is 113 Å². The van der Waals surface area contributed by atoms with Gasteiger partial charge in [-0.1, -0.05) is 12.8 Å². The first-order chi connectivity index (χ1) is 9.16. The van der Waals surface area contributed by atoms with Crippen molar-refractivity contribution in [3.8, 4) is 0 Å². The molecule has 1 heterocycles. The molecule has 19 heavy (non-hydrogen) atoms. The van der Waals surface area contributed by atoms with Gasteiger partial charge in [0.1, 0.15) is 0 Å². The Morgan fingerprint density at radius 2 is 2.05 bits per heavy atom. The summed E-state index contributed by atoms with van der Waals surface area (Å²) in [7, 11) is 0. The molecule has 3 rings (SSSR count). The molecule has 0 aromatic heterocycles. The molecule has 1 aromatic carbocycles. The fourth-order valence-corrected chi connectivity index (χ4v) is 3.65. The Morgan fingerprint density at radius 3 is 2.79 bits per heavy atom. The predicted octanol–water partition coefficient (Wildman–Crippen LogP) is 2.74. The van der Waals surface area contributed by atoms with E-state index in [9.17, 15) is 4.79 Å². The summed E-state index contributed by atoms with van der Waals surface area (Å²) in [6.45, 7) is 1.07. The maximum absolute atomic E-state index is 11.0. The van der Waals surface area contributed by atoms with Gasteiger partial charge in [0.25, 0.3) is 0 Å². The van der Waals surface area contributed by atoms with Gasteiger partial charge in [-0.3, -0.25) is 0 Å². The number of nitrogens with two attached hydrogens (primary N) is 1. The van der Waals surface area contributed by atoms with Crippen LogP contribution in [0.1, 0.15) is 42.5 Å². The highest BCUT2D eigenvalue weighted by molar-refractivity contribution is 5.94. The first kappa shape index (κ1) is 12.3. The molecule has 4 nitrogen and oxygen atoms in total. The summed E-state index contributed by atoms with van der Waals surface area (Å²) in [5.74, 6) is -0.143.